The minimum Gasteiger partial charge on any atom is -0.489 e. The molecule has 18 heteroatoms. The molecule has 0 radical (unpaired) electrons. The fraction of sp³-hybridized carbons (Fsp3) is 0.412. The first-order valence-electron chi connectivity index (χ1n) is 16.1. The number of hydrogen-bond acceptors (Lipinski definition) is 11. The van der Waals surface area contributed by atoms with Crippen LogP contribution < -0.4 is 19.1 Å². The summed E-state index contributed by atoms with van der Waals surface area (Å²) in [6, 6.07) is 8.11. The van der Waals surface area contributed by atoms with E-state index in [1.807, 2.05) is 0 Å². The number of carbonyl (C=O) groups is 3. The maximum atomic E-state index is 13.5. The number of anilines is 1. The van der Waals surface area contributed by atoms with Gasteiger partial charge in [0.1, 0.15) is 12.6 Å². The molecule has 3 aromatic rings. The summed E-state index contributed by atoms with van der Waals surface area (Å²) in [5, 5.41) is 3.39. The van der Waals surface area contributed by atoms with E-state index in [1.165, 1.54) is 48.8 Å². The third-order valence-electron chi connectivity index (χ3n) is 8.25. The maximum absolute atomic E-state index is 13.5. The predicted octanol–water partition coefficient (Wildman–Crippen LogP) is 4.90. The van der Waals surface area contributed by atoms with Crippen LogP contribution in [0.15, 0.2) is 48.8 Å². The molecule has 2 heterocycles. The highest BCUT2D eigenvalue weighted by molar-refractivity contribution is 7.92. The normalized spacial score (nSPS) is 14.8. The zero-order valence-electron chi connectivity index (χ0n) is 28.2. The minimum absolute atomic E-state index is 0.00252. The van der Waals surface area contributed by atoms with Gasteiger partial charge in [-0.05, 0) is 60.2 Å². The Kier molecular flexibility index (Phi) is 12.9. The molecule has 0 unspecified atom stereocenters. The summed E-state index contributed by atoms with van der Waals surface area (Å²) in [6.07, 6.45) is 4.34. The van der Waals surface area contributed by atoms with Gasteiger partial charge in [-0.3, -0.25) is 28.6 Å². The van der Waals surface area contributed by atoms with Crippen molar-refractivity contribution >= 4 is 56.7 Å². The quantitative estimate of drug-likeness (QED) is 0.100. The number of benzene rings is 2. The summed E-state index contributed by atoms with van der Waals surface area (Å²) in [6.45, 7) is -2.41. The lowest BCUT2D eigenvalue weighted by Crippen LogP contribution is -2.37. The summed E-state index contributed by atoms with van der Waals surface area (Å²) >= 11 is 12.8. The highest BCUT2D eigenvalue weighted by Crippen LogP contribution is 2.38. The molecule has 1 saturated carbocycles. The molecule has 5 rings (SSSR count). The largest absolute Gasteiger partial charge is 0.489 e. The number of fused-ring (bicyclic) bond motifs is 1. The van der Waals surface area contributed by atoms with Gasteiger partial charge in [0.25, 0.3) is 11.8 Å². The second kappa shape index (κ2) is 17.2. The number of carbonyl (C=O) groups excluding carboxylic acids is 3. The van der Waals surface area contributed by atoms with Crippen molar-refractivity contribution < 1.29 is 50.5 Å². The first-order valence-corrected chi connectivity index (χ1v) is 18.7. The molecule has 1 atom stereocenters. The molecule has 0 bridgehead atoms. The van der Waals surface area contributed by atoms with E-state index < -0.39 is 47.1 Å². The van der Waals surface area contributed by atoms with Gasteiger partial charge in [0, 0.05) is 45.6 Å². The first-order chi connectivity index (χ1) is 24.8. The number of pyridine rings is 1. The molecule has 280 valence electrons. The number of aromatic nitrogens is 1. The Morgan fingerprint density at radius 3 is 2.40 bits per heavy atom. The number of imide groups is 1. The van der Waals surface area contributed by atoms with E-state index in [1.54, 1.807) is 7.11 Å². The van der Waals surface area contributed by atoms with Gasteiger partial charge in [-0.1, -0.05) is 29.3 Å². The Hall–Kier alpha value is -4.09. The first kappa shape index (κ1) is 39.1. The molecule has 13 nitrogen and oxygen atoms in total. The minimum atomic E-state index is -3.78. The third kappa shape index (κ3) is 9.86. The number of halogens is 4. The average molecular weight is 786 g/mol. The van der Waals surface area contributed by atoms with Crippen molar-refractivity contribution in [3.05, 3.63) is 81.1 Å². The average Bonchev–Trinajstić information content (AvgIpc) is 3.89. The van der Waals surface area contributed by atoms with E-state index in [0.717, 1.165) is 23.4 Å². The Morgan fingerprint density at radius 2 is 1.75 bits per heavy atom. The van der Waals surface area contributed by atoms with E-state index in [9.17, 15) is 31.6 Å². The van der Waals surface area contributed by atoms with Gasteiger partial charge >= 0.3 is 12.6 Å². The molecule has 0 saturated heterocycles. The van der Waals surface area contributed by atoms with Crippen molar-refractivity contribution in [2.45, 2.75) is 32.0 Å². The fourth-order valence-corrected chi connectivity index (χ4v) is 6.88. The number of sulfonamides is 1. The number of esters is 1. The monoisotopic (exact) mass is 784 g/mol. The number of rotatable bonds is 19. The van der Waals surface area contributed by atoms with Gasteiger partial charge in [0.2, 0.25) is 10.0 Å². The second-order valence-electron chi connectivity index (χ2n) is 12.1. The highest BCUT2D eigenvalue weighted by Gasteiger charge is 2.38. The smallest absolute Gasteiger partial charge is 0.387 e. The lowest BCUT2D eigenvalue weighted by Gasteiger charge is -2.23. The zero-order chi connectivity index (χ0) is 37.6. The van der Waals surface area contributed by atoms with Crippen molar-refractivity contribution in [1.29, 1.82) is 0 Å². The van der Waals surface area contributed by atoms with E-state index in [4.69, 9.17) is 37.4 Å². The third-order valence-corrected chi connectivity index (χ3v) is 10.1. The Morgan fingerprint density at radius 1 is 1.04 bits per heavy atom. The topological polar surface area (TPSA) is 154 Å². The molecule has 1 fully saturated rings. The number of methoxy groups -OCH3 is 1. The van der Waals surface area contributed by atoms with Gasteiger partial charge in [-0.25, -0.2) is 8.42 Å². The summed E-state index contributed by atoms with van der Waals surface area (Å²) in [4.78, 5) is 45.0. The Bertz CT molecular complexity index is 1900. The van der Waals surface area contributed by atoms with Crippen LogP contribution in [-0.4, -0.2) is 95.5 Å². The number of amides is 2. The van der Waals surface area contributed by atoms with Gasteiger partial charge in [-0.15, -0.1) is 0 Å². The van der Waals surface area contributed by atoms with E-state index >= 15 is 0 Å². The second-order valence-corrected chi connectivity index (χ2v) is 14.8. The molecule has 1 aliphatic heterocycles. The highest BCUT2D eigenvalue weighted by atomic mass is 35.5. The summed E-state index contributed by atoms with van der Waals surface area (Å²) < 4.78 is 74.0. The van der Waals surface area contributed by atoms with E-state index in [-0.39, 0.29) is 70.4 Å². The predicted molar refractivity (Wildman–Crippen MR) is 187 cm³/mol. The van der Waals surface area contributed by atoms with Crippen molar-refractivity contribution in [1.82, 2.24) is 15.2 Å². The van der Waals surface area contributed by atoms with E-state index in [2.05, 4.69) is 15.0 Å². The summed E-state index contributed by atoms with van der Waals surface area (Å²) in [5.41, 5.74) is 0.712. The molecule has 2 aliphatic rings. The van der Waals surface area contributed by atoms with Crippen LogP contribution in [0.3, 0.4) is 0 Å². The van der Waals surface area contributed by atoms with Crippen LogP contribution in [0.1, 0.15) is 50.8 Å². The van der Waals surface area contributed by atoms with Crippen molar-refractivity contribution in [3.8, 4) is 11.5 Å². The molecule has 1 N–H and O–H groups in total. The SMILES string of the molecule is COCCNCCN(c1ccc2c(c1)C(=O)N(CC(=O)O[C@@H](Cc1c(Cl)cncc1Cl)c1ccc(OC(F)F)c(OCC3CC3)c1)C2=O)S(C)(=O)=O. The van der Waals surface area contributed by atoms with Crippen LogP contribution in [0.5, 0.6) is 11.5 Å². The van der Waals surface area contributed by atoms with Crippen LogP contribution >= 0.6 is 23.2 Å². The molecule has 2 aromatic carbocycles. The van der Waals surface area contributed by atoms with Gasteiger partial charge in [-0.2, -0.15) is 8.78 Å². The maximum Gasteiger partial charge on any atom is 0.387 e. The standard InChI is InChI=1S/C34H36Cl2F2N4O9S/c1-48-12-10-39-9-11-42(52(2,46)47)22-6-7-23-24(14-22)33(45)41(32(23)44)18-31(43)50-29(15-25-26(35)16-40-17-27(25)36)21-5-8-28(51-34(37)38)30(13-21)49-19-20-3-4-20/h5-8,13-14,16-17,20,29,34,39H,3-4,9-12,15,18-19H2,1-2H3/t29-/m0/s1. The molecular formula is C34H36Cl2F2N4O9S. The van der Waals surface area contributed by atoms with Crippen LogP contribution in [0, 0.1) is 5.92 Å². The number of hydrogen-bond donors (Lipinski definition) is 1. The molecule has 2 amide bonds. The Labute approximate surface area is 309 Å². The number of nitrogens with one attached hydrogen (secondary N) is 1. The zero-order valence-corrected chi connectivity index (χ0v) is 30.5. The van der Waals surface area contributed by atoms with Crippen molar-refractivity contribution in [2.24, 2.45) is 5.92 Å². The van der Waals surface area contributed by atoms with Gasteiger partial charge < -0.3 is 24.3 Å². The number of nitrogens with zero attached hydrogens (tertiary/aromatic N) is 3. The van der Waals surface area contributed by atoms with Crippen LogP contribution in [0.2, 0.25) is 10.0 Å². The van der Waals surface area contributed by atoms with Gasteiger partial charge in [0.05, 0.1) is 46.3 Å². The molecular weight excluding hydrogens is 749 g/mol. The molecule has 52 heavy (non-hydrogen) atoms. The molecule has 1 aliphatic carbocycles. The fourth-order valence-electron chi connectivity index (χ4n) is 5.44. The van der Waals surface area contributed by atoms with Crippen molar-refractivity contribution in [3.63, 3.8) is 0 Å². The molecule has 0 spiro atoms. The number of ether oxygens (including phenoxy) is 4. The van der Waals surface area contributed by atoms with Crippen LogP contribution in [0.4, 0.5) is 14.5 Å². The molecule has 1 aromatic heterocycles. The van der Waals surface area contributed by atoms with E-state index in [0.29, 0.717) is 29.2 Å². The van der Waals surface area contributed by atoms with Crippen LogP contribution in [0.25, 0.3) is 0 Å². The Balaban J connectivity index is 1.37. The lowest BCUT2D eigenvalue weighted by molar-refractivity contribution is -0.149. The summed E-state index contributed by atoms with van der Waals surface area (Å²) in [5.74, 6) is -2.54. The lowest BCUT2D eigenvalue weighted by atomic mass is 10.0. The van der Waals surface area contributed by atoms with Crippen LogP contribution in [-0.2, 0) is 30.7 Å². The summed E-state index contributed by atoms with van der Waals surface area (Å²) in [7, 11) is -2.24. The van der Waals surface area contributed by atoms with Crippen molar-refractivity contribution in [2.75, 3.05) is 57.1 Å². The number of alkyl halides is 2. The van der Waals surface area contributed by atoms with Gasteiger partial charge in [0.15, 0.2) is 11.5 Å².